The molecule has 3 rings (SSSR count). The van der Waals surface area contributed by atoms with Crippen LogP contribution in [0.3, 0.4) is 0 Å². The number of nitrogens with zero attached hydrogens (tertiary/aromatic N) is 2. The fourth-order valence-electron chi connectivity index (χ4n) is 2.17. The summed E-state index contributed by atoms with van der Waals surface area (Å²) in [6.07, 6.45) is 6.70. The van der Waals surface area contributed by atoms with Crippen molar-refractivity contribution >= 4 is 5.91 Å². The number of nitrogens with two attached hydrogens (primary N) is 1. The Morgan fingerprint density at radius 1 is 1.53 bits per heavy atom. The van der Waals surface area contributed by atoms with Crippen molar-refractivity contribution in [1.82, 2.24) is 9.88 Å². The topological polar surface area (TPSA) is 59.2 Å². The van der Waals surface area contributed by atoms with Crippen LogP contribution < -0.4 is 5.73 Å². The monoisotopic (exact) mass is 231 g/mol. The molecule has 0 aromatic carbocycles. The first-order valence-corrected chi connectivity index (χ1v) is 6.20. The number of carbonyl (C=O) groups is 1. The van der Waals surface area contributed by atoms with Crippen molar-refractivity contribution in [1.29, 1.82) is 0 Å². The third kappa shape index (κ3) is 2.31. The molecule has 1 aromatic rings. The van der Waals surface area contributed by atoms with Gasteiger partial charge in [-0.05, 0) is 30.9 Å². The molecule has 0 spiro atoms. The summed E-state index contributed by atoms with van der Waals surface area (Å²) >= 11 is 0. The van der Waals surface area contributed by atoms with Gasteiger partial charge < -0.3 is 10.6 Å². The van der Waals surface area contributed by atoms with Gasteiger partial charge in [0, 0.05) is 31.0 Å². The SMILES string of the molecule is NC1CC1C(=O)N(Cc1cccnc1)C1CC1. The van der Waals surface area contributed by atoms with Gasteiger partial charge in [0.25, 0.3) is 0 Å². The molecule has 0 saturated heterocycles. The van der Waals surface area contributed by atoms with Crippen LogP contribution in [0.5, 0.6) is 0 Å². The van der Waals surface area contributed by atoms with Crippen molar-refractivity contribution in [3.05, 3.63) is 30.1 Å². The van der Waals surface area contributed by atoms with E-state index < -0.39 is 0 Å². The van der Waals surface area contributed by atoms with Crippen molar-refractivity contribution in [3.63, 3.8) is 0 Å². The molecule has 1 amide bonds. The molecule has 17 heavy (non-hydrogen) atoms. The molecule has 2 fully saturated rings. The number of rotatable bonds is 4. The molecule has 2 aliphatic carbocycles. The van der Waals surface area contributed by atoms with Crippen molar-refractivity contribution in [2.45, 2.75) is 37.9 Å². The van der Waals surface area contributed by atoms with Crippen LogP contribution in [-0.4, -0.2) is 27.9 Å². The zero-order valence-corrected chi connectivity index (χ0v) is 9.75. The fraction of sp³-hybridized carbons (Fsp3) is 0.538. The van der Waals surface area contributed by atoms with Gasteiger partial charge in [-0.1, -0.05) is 6.07 Å². The van der Waals surface area contributed by atoms with Gasteiger partial charge in [0.1, 0.15) is 0 Å². The van der Waals surface area contributed by atoms with Gasteiger partial charge in [0.15, 0.2) is 0 Å². The smallest absolute Gasteiger partial charge is 0.227 e. The van der Waals surface area contributed by atoms with E-state index >= 15 is 0 Å². The second kappa shape index (κ2) is 4.11. The number of amides is 1. The Morgan fingerprint density at radius 3 is 2.82 bits per heavy atom. The lowest BCUT2D eigenvalue weighted by molar-refractivity contribution is -0.133. The van der Waals surface area contributed by atoms with Crippen LogP contribution in [0.1, 0.15) is 24.8 Å². The number of hydrogen-bond donors (Lipinski definition) is 1. The normalized spacial score (nSPS) is 26.6. The van der Waals surface area contributed by atoms with E-state index in [1.54, 1.807) is 6.20 Å². The first-order valence-electron chi connectivity index (χ1n) is 6.20. The van der Waals surface area contributed by atoms with E-state index in [1.165, 1.54) is 0 Å². The zero-order chi connectivity index (χ0) is 11.8. The van der Waals surface area contributed by atoms with Gasteiger partial charge in [-0.3, -0.25) is 9.78 Å². The molecular formula is C13H17N3O. The van der Waals surface area contributed by atoms with E-state index in [0.717, 1.165) is 24.8 Å². The van der Waals surface area contributed by atoms with Gasteiger partial charge in [-0.25, -0.2) is 0 Å². The molecule has 1 aromatic heterocycles. The van der Waals surface area contributed by atoms with Crippen LogP contribution in [0.15, 0.2) is 24.5 Å². The molecular weight excluding hydrogens is 214 g/mol. The minimum absolute atomic E-state index is 0.0762. The van der Waals surface area contributed by atoms with Crippen LogP contribution in [0.25, 0.3) is 0 Å². The zero-order valence-electron chi connectivity index (χ0n) is 9.75. The summed E-state index contributed by atoms with van der Waals surface area (Å²) in [7, 11) is 0. The second-order valence-corrected chi connectivity index (χ2v) is 5.06. The van der Waals surface area contributed by atoms with Crippen molar-refractivity contribution < 1.29 is 4.79 Å². The third-order valence-electron chi connectivity index (χ3n) is 3.50. The second-order valence-electron chi connectivity index (χ2n) is 5.06. The highest BCUT2D eigenvalue weighted by Gasteiger charge is 2.45. The molecule has 1 heterocycles. The average molecular weight is 231 g/mol. The number of aromatic nitrogens is 1. The summed E-state index contributed by atoms with van der Waals surface area (Å²) in [4.78, 5) is 18.3. The minimum atomic E-state index is 0.0762. The molecule has 2 unspecified atom stereocenters. The molecule has 2 N–H and O–H groups in total. The maximum absolute atomic E-state index is 12.2. The van der Waals surface area contributed by atoms with Gasteiger partial charge in [-0.2, -0.15) is 0 Å². The molecule has 0 bridgehead atoms. The lowest BCUT2D eigenvalue weighted by Gasteiger charge is -2.22. The third-order valence-corrected chi connectivity index (χ3v) is 3.50. The summed E-state index contributed by atoms with van der Waals surface area (Å²) < 4.78 is 0. The van der Waals surface area contributed by atoms with Crippen LogP contribution in [0.4, 0.5) is 0 Å². The number of carbonyl (C=O) groups excluding carboxylic acids is 1. The Kier molecular flexibility index (Phi) is 2.59. The Hall–Kier alpha value is -1.42. The minimum Gasteiger partial charge on any atom is -0.335 e. The summed E-state index contributed by atoms with van der Waals surface area (Å²) in [5.41, 5.74) is 6.86. The fourth-order valence-corrected chi connectivity index (χ4v) is 2.17. The highest BCUT2D eigenvalue weighted by atomic mass is 16.2. The Morgan fingerprint density at radius 2 is 2.29 bits per heavy atom. The molecule has 90 valence electrons. The number of hydrogen-bond acceptors (Lipinski definition) is 3. The maximum Gasteiger partial charge on any atom is 0.227 e. The van der Waals surface area contributed by atoms with E-state index in [9.17, 15) is 4.79 Å². The van der Waals surface area contributed by atoms with Crippen molar-refractivity contribution in [2.24, 2.45) is 11.7 Å². The lowest BCUT2D eigenvalue weighted by Crippen LogP contribution is -2.35. The number of pyridine rings is 1. The van der Waals surface area contributed by atoms with Crippen LogP contribution in [-0.2, 0) is 11.3 Å². The highest BCUT2D eigenvalue weighted by Crippen LogP contribution is 2.36. The van der Waals surface area contributed by atoms with Gasteiger partial charge >= 0.3 is 0 Å². The standard InChI is InChI=1S/C13H17N3O/c14-12-6-11(12)13(17)16(10-3-4-10)8-9-2-1-5-15-7-9/h1-2,5,7,10-12H,3-4,6,8,14H2. The quantitative estimate of drug-likeness (QED) is 0.838. The van der Waals surface area contributed by atoms with Crippen LogP contribution in [0.2, 0.25) is 0 Å². The Bertz CT molecular complexity index is 416. The van der Waals surface area contributed by atoms with E-state index in [-0.39, 0.29) is 17.9 Å². The van der Waals surface area contributed by atoms with Crippen LogP contribution >= 0.6 is 0 Å². The molecule has 4 heteroatoms. The van der Waals surface area contributed by atoms with E-state index in [0.29, 0.717) is 12.6 Å². The van der Waals surface area contributed by atoms with Gasteiger partial charge in [0.2, 0.25) is 5.91 Å². The Balaban J connectivity index is 1.70. The predicted octanol–water partition coefficient (Wildman–Crippen LogP) is 0.920. The summed E-state index contributed by atoms with van der Waals surface area (Å²) in [5, 5.41) is 0. The Labute approximate surface area is 101 Å². The molecule has 4 nitrogen and oxygen atoms in total. The van der Waals surface area contributed by atoms with E-state index in [1.807, 2.05) is 23.2 Å². The van der Waals surface area contributed by atoms with Crippen molar-refractivity contribution in [2.75, 3.05) is 0 Å². The van der Waals surface area contributed by atoms with Gasteiger partial charge in [-0.15, -0.1) is 0 Å². The summed E-state index contributed by atoms with van der Waals surface area (Å²) in [6, 6.07) is 4.46. The van der Waals surface area contributed by atoms with Gasteiger partial charge in [0.05, 0.1) is 5.92 Å². The molecule has 0 radical (unpaired) electrons. The first-order chi connectivity index (χ1) is 8.25. The average Bonchev–Trinajstić information content (AvgIpc) is 3.22. The lowest BCUT2D eigenvalue weighted by atomic mass is 10.2. The maximum atomic E-state index is 12.2. The molecule has 2 saturated carbocycles. The van der Waals surface area contributed by atoms with Crippen molar-refractivity contribution in [3.8, 4) is 0 Å². The highest BCUT2D eigenvalue weighted by molar-refractivity contribution is 5.83. The molecule has 2 aliphatic rings. The predicted molar refractivity (Wildman–Crippen MR) is 63.9 cm³/mol. The van der Waals surface area contributed by atoms with E-state index in [4.69, 9.17) is 5.73 Å². The molecule has 0 aliphatic heterocycles. The largest absolute Gasteiger partial charge is 0.335 e. The summed E-state index contributed by atoms with van der Waals surface area (Å²) in [5.74, 6) is 0.316. The first kappa shape index (κ1) is 10.7. The summed E-state index contributed by atoms with van der Waals surface area (Å²) in [6.45, 7) is 0.681. The van der Waals surface area contributed by atoms with Crippen LogP contribution in [0, 0.1) is 5.92 Å². The van der Waals surface area contributed by atoms with E-state index in [2.05, 4.69) is 4.98 Å². The molecule has 2 atom stereocenters.